The molecule has 0 aliphatic carbocycles. The van der Waals surface area contributed by atoms with Gasteiger partial charge in [0.25, 0.3) is 0 Å². The zero-order valence-electron chi connectivity index (χ0n) is 12.5. The first-order valence-electron chi connectivity index (χ1n) is 7.55. The van der Waals surface area contributed by atoms with Crippen LogP contribution in [0.5, 0.6) is 0 Å². The fourth-order valence-corrected chi connectivity index (χ4v) is 3.01. The van der Waals surface area contributed by atoms with E-state index in [9.17, 15) is 0 Å². The lowest BCUT2D eigenvalue weighted by Crippen LogP contribution is -2.43. The standard InChI is InChI=1S/C15H23N5/c1-4-16-13-10-19-9-7-17-14(19)15(18-13)20-8-5-6-11(2)12(20)3/h7,9-12,16H,4-6,8H2,1-3H3. The monoisotopic (exact) mass is 273 g/mol. The summed E-state index contributed by atoms with van der Waals surface area (Å²) in [5.74, 6) is 2.62. The van der Waals surface area contributed by atoms with Gasteiger partial charge in [0.15, 0.2) is 11.5 Å². The van der Waals surface area contributed by atoms with Crippen molar-refractivity contribution in [2.45, 2.75) is 39.7 Å². The fraction of sp³-hybridized carbons (Fsp3) is 0.600. The second-order valence-electron chi connectivity index (χ2n) is 5.69. The first-order valence-corrected chi connectivity index (χ1v) is 7.55. The molecule has 0 spiro atoms. The maximum atomic E-state index is 4.80. The van der Waals surface area contributed by atoms with Gasteiger partial charge in [0, 0.05) is 31.5 Å². The molecule has 108 valence electrons. The number of hydrogen-bond acceptors (Lipinski definition) is 4. The smallest absolute Gasteiger partial charge is 0.180 e. The van der Waals surface area contributed by atoms with Crippen LogP contribution in [-0.2, 0) is 0 Å². The maximum absolute atomic E-state index is 4.80. The molecular weight excluding hydrogens is 250 g/mol. The quantitative estimate of drug-likeness (QED) is 0.934. The highest BCUT2D eigenvalue weighted by atomic mass is 15.3. The molecule has 20 heavy (non-hydrogen) atoms. The molecule has 5 nitrogen and oxygen atoms in total. The minimum Gasteiger partial charge on any atom is -0.369 e. The summed E-state index contributed by atoms with van der Waals surface area (Å²) in [6, 6.07) is 0.508. The number of aromatic nitrogens is 3. The van der Waals surface area contributed by atoms with Crippen molar-refractivity contribution in [3.8, 4) is 0 Å². The van der Waals surface area contributed by atoms with Gasteiger partial charge in [-0.1, -0.05) is 6.92 Å². The Bertz CT molecular complexity index is 591. The van der Waals surface area contributed by atoms with E-state index in [-0.39, 0.29) is 0 Å². The van der Waals surface area contributed by atoms with Crippen molar-refractivity contribution in [3.05, 3.63) is 18.6 Å². The molecule has 0 bridgehead atoms. The van der Waals surface area contributed by atoms with Crippen molar-refractivity contribution in [1.82, 2.24) is 14.4 Å². The molecule has 1 fully saturated rings. The van der Waals surface area contributed by atoms with E-state index in [2.05, 4.69) is 40.4 Å². The van der Waals surface area contributed by atoms with Crippen LogP contribution in [0.25, 0.3) is 5.65 Å². The summed E-state index contributed by atoms with van der Waals surface area (Å²) in [7, 11) is 0. The minimum absolute atomic E-state index is 0.508. The van der Waals surface area contributed by atoms with Gasteiger partial charge < -0.3 is 14.6 Å². The van der Waals surface area contributed by atoms with Gasteiger partial charge in [0.05, 0.1) is 6.20 Å². The molecule has 2 aromatic rings. The number of piperidine rings is 1. The molecule has 2 atom stereocenters. The zero-order valence-corrected chi connectivity index (χ0v) is 12.5. The predicted molar refractivity (Wildman–Crippen MR) is 82.4 cm³/mol. The number of hydrogen-bond donors (Lipinski definition) is 1. The maximum Gasteiger partial charge on any atom is 0.180 e. The molecule has 1 aliphatic rings. The fourth-order valence-electron chi connectivity index (χ4n) is 3.01. The van der Waals surface area contributed by atoms with Crippen molar-refractivity contribution in [2.75, 3.05) is 23.3 Å². The molecular formula is C15H23N5. The van der Waals surface area contributed by atoms with Crippen LogP contribution in [0.15, 0.2) is 18.6 Å². The number of fused-ring (bicyclic) bond motifs is 1. The van der Waals surface area contributed by atoms with E-state index in [0.29, 0.717) is 12.0 Å². The minimum atomic E-state index is 0.508. The molecule has 0 radical (unpaired) electrons. The van der Waals surface area contributed by atoms with Gasteiger partial charge >= 0.3 is 0 Å². The summed E-state index contributed by atoms with van der Waals surface area (Å²) in [5.41, 5.74) is 0.951. The highest BCUT2D eigenvalue weighted by Gasteiger charge is 2.27. The average molecular weight is 273 g/mol. The van der Waals surface area contributed by atoms with Crippen molar-refractivity contribution in [2.24, 2.45) is 5.92 Å². The topological polar surface area (TPSA) is 45.5 Å². The predicted octanol–water partition coefficient (Wildman–Crippen LogP) is 2.79. The van der Waals surface area contributed by atoms with Gasteiger partial charge in [-0.3, -0.25) is 0 Å². The lowest BCUT2D eigenvalue weighted by molar-refractivity contribution is 0.362. The molecule has 1 saturated heterocycles. The number of nitrogens with one attached hydrogen (secondary N) is 1. The average Bonchev–Trinajstić information content (AvgIpc) is 2.90. The number of anilines is 2. The van der Waals surface area contributed by atoms with Gasteiger partial charge in [-0.15, -0.1) is 0 Å². The third-order valence-electron chi connectivity index (χ3n) is 4.36. The molecule has 3 heterocycles. The molecule has 0 aromatic carbocycles. The van der Waals surface area contributed by atoms with E-state index in [1.54, 1.807) is 0 Å². The van der Waals surface area contributed by atoms with Gasteiger partial charge in [-0.05, 0) is 32.6 Å². The normalized spacial score (nSPS) is 23.2. The first kappa shape index (κ1) is 13.2. The lowest BCUT2D eigenvalue weighted by Gasteiger charge is -2.38. The first-order chi connectivity index (χ1) is 9.70. The Morgan fingerprint density at radius 2 is 2.25 bits per heavy atom. The zero-order chi connectivity index (χ0) is 14.1. The van der Waals surface area contributed by atoms with Crippen LogP contribution in [0.3, 0.4) is 0 Å². The van der Waals surface area contributed by atoms with E-state index < -0.39 is 0 Å². The van der Waals surface area contributed by atoms with Crippen molar-refractivity contribution < 1.29 is 0 Å². The van der Waals surface area contributed by atoms with E-state index in [1.807, 2.05) is 18.6 Å². The van der Waals surface area contributed by atoms with E-state index in [1.165, 1.54) is 12.8 Å². The van der Waals surface area contributed by atoms with Crippen molar-refractivity contribution >= 4 is 17.3 Å². The van der Waals surface area contributed by atoms with Gasteiger partial charge in [0.2, 0.25) is 0 Å². The van der Waals surface area contributed by atoms with Crippen LogP contribution < -0.4 is 10.2 Å². The Balaban J connectivity index is 2.06. The molecule has 0 amide bonds. The summed E-state index contributed by atoms with van der Waals surface area (Å²) in [6.45, 7) is 8.65. The van der Waals surface area contributed by atoms with Crippen molar-refractivity contribution in [3.63, 3.8) is 0 Å². The highest BCUT2D eigenvalue weighted by molar-refractivity contribution is 5.67. The Kier molecular flexibility index (Phi) is 3.51. The number of rotatable bonds is 3. The van der Waals surface area contributed by atoms with Crippen molar-refractivity contribution in [1.29, 1.82) is 0 Å². The molecule has 0 saturated carbocycles. The molecule has 3 rings (SSSR count). The molecule has 2 aromatic heterocycles. The number of nitrogens with zero attached hydrogens (tertiary/aromatic N) is 4. The van der Waals surface area contributed by atoms with Gasteiger partial charge in [-0.25, -0.2) is 9.97 Å². The summed E-state index contributed by atoms with van der Waals surface area (Å²) < 4.78 is 2.06. The third-order valence-corrected chi connectivity index (χ3v) is 4.36. The Hall–Kier alpha value is -1.78. The van der Waals surface area contributed by atoms with Crippen LogP contribution in [-0.4, -0.2) is 33.5 Å². The van der Waals surface area contributed by atoms with Gasteiger partial charge in [0.1, 0.15) is 5.82 Å². The Labute approximate surface area is 120 Å². The van der Waals surface area contributed by atoms with E-state index >= 15 is 0 Å². The summed E-state index contributed by atoms with van der Waals surface area (Å²) >= 11 is 0. The second kappa shape index (κ2) is 5.31. The second-order valence-corrected chi connectivity index (χ2v) is 5.69. The highest BCUT2D eigenvalue weighted by Crippen LogP contribution is 2.30. The van der Waals surface area contributed by atoms with E-state index in [0.717, 1.165) is 30.4 Å². The molecule has 5 heteroatoms. The molecule has 1 aliphatic heterocycles. The summed E-state index contributed by atoms with van der Waals surface area (Å²) in [6.07, 6.45) is 8.36. The van der Waals surface area contributed by atoms with Crippen LogP contribution >= 0.6 is 0 Å². The van der Waals surface area contributed by atoms with Crippen LogP contribution in [0.2, 0.25) is 0 Å². The van der Waals surface area contributed by atoms with Crippen LogP contribution in [0.1, 0.15) is 33.6 Å². The Morgan fingerprint density at radius 3 is 3.05 bits per heavy atom. The molecule has 2 unspecified atom stereocenters. The van der Waals surface area contributed by atoms with E-state index in [4.69, 9.17) is 4.98 Å². The summed E-state index contributed by atoms with van der Waals surface area (Å²) in [5, 5.41) is 3.31. The van der Waals surface area contributed by atoms with Crippen LogP contribution in [0.4, 0.5) is 11.6 Å². The number of imidazole rings is 1. The Morgan fingerprint density at radius 1 is 1.40 bits per heavy atom. The lowest BCUT2D eigenvalue weighted by atomic mass is 9.92. The third kappa shape index (κ3) is 2.21. The summed E-state index contributed by atoms with van der Waals surface area (Å²) in [4.78, 5) is 11.7. The SMILES string of the molecule is CCNc1cn2ccnc2c(N2CCCC(C)C2C)n1. The molecule has 1 N–H and O–H groups in total. The largest absolute Gasteiger partial charge is 0.369 e. The van der Waals surface area contributed by atoms with Crippen LogP contribution in [0, 0.1) is 5.92 Å². The van der Waals surface area contributed by atoms with Gasteiger partial charge in [-0.2, -0.15) is 0 Å².